The van der Waals surface area contributed by atoms with Crippen molar-refractivity contribution in [1.29, 1.82) is 0 Å². The van der Waals surface area contributed by atoms with Crippen LogP contribution in [0.4, 0.5) is 0 Å². The molecule has 1 saturated carbocycles. The molecule has 1 amide bonds. The second-order valence-corrected chi connectivity index (χ2v) is 7.88. The second kappa shape index (κ2) is 8.27. The summed E-state index contributed by atoms with van der Waals surface area (Å²) in [6.45, 7) is 2.64. The van der Waals surface area contributed by atoms with E-state index in [0.717, 1.165) is 58.2 Å². The molecular weight excluding hydrogens is 308 g/mol. The van der Waals surface area contributed by atoms with E-state index in [2.05, 4.69) is 27.7 Å². The van der Waals surface area contributed by atoms with Gasteiger partial charge in [0, 0.05) is 23.4 Å². The topological polar surface area (TPSA) is 52.6 Å². The Balaban J connectivity index is 1.38. The molecule has 1 aromatic rings. The van der Waals surface area contributed by atoms with Crippen LogP contribution >= 0.6 is 11.3 Å². The quantitative estimate of drug-likeness (QED) is 0.868. The largest absolute Gasteiger partial charge is 0.391 e. The van der Waals surface area contributed by atoms with Gasteiger partial charge in [0.05, 0.1) is 6.10 Å². The summed E-state index contributed by atoms with van der Waals surface area (Å²) in [4.78, 5) is 16.0. The normalized spacial score (nSPS) is 27.0. The second-order valence-electron chi connectivity index (χ2n) is 6.85. The number of thiophene rings is 1. The van der Waals surface area contributed by atoms with E-state index in [4.69, 9.17) is 0 Å². The summed E-state index contributed by atoms with van der Waals surface area (Å²) >= 11 is 1.74. The Morgan fingerprint density at radius 1 is 1.26 bits per heavy atom. The third-order valence-electron chi connectivity index (χ3n) is 5.31. The first-order valence-corrected chi connectivity index (χ1v) is 9.84. The van der Waals surface area contributed by atoms with E-state index in [0.29, 0.717) is 6.04 Å². The molecule has 0 radical (unpaired) electrons. The fourth-order valence-corrected chi connectivity index (χ4v) is 4.63. The van der Waals surface area contributed by atoms with Crippen molar-refractivity contribution in [2.45, 2.75) is 57.1 Å². The first kappa shape index (κ1) is 16.9. The lowest BCUT2D eigenvalue weighted by Gasteiger charge is -2.41. The number of rotatable bonds is 5. The minimum atomic E-state index is -0.167. The number of hydrogen-bond acceptors (Lipinski definition) is 4. The summed E-state index contributed by atoms with van der Waals surface area (Å²) in [5.41, 5.74) is 0. The Kier molecular flexibility index (Phi) is 6.08. The monoisotopic (exact) mass is 336 g/mol. The van der Waals surface area contributed by atoms with Crippen molar-refractivity contribution in [3.8, 4) is 0 Å². The number of aliphatic hydroxyl groups is 1. The summed E-state index contributed by atoms with van der Waals surface area (Å²) in [5.74, 6) is 0.362. The summed E-state index contributed by atoms with van der Waals surface area (Å²) in [6, 6.07) is 4.49. The molecule has 4 nitrogen and oxygen atoms in total. The average molecular weight is 337 g/mol. The predicted octanol–water partition coefficient (Wildman–Crippen LogP) is 2.42. The Morgan fingerprint density at radius 2 is 2.04 bits per heavy atom. The fourth-order valence-electron chi connectivity index (χ4n) is 3.92. The van der Waals surface area contributed by atoms with Crippen molar-refractivity contribution in [2.75, 3.05) is 19.6 Å². The zero-order valence-corrected chi connectivity index (χ0v) is 14.6. The van der Waals surface area contributed by atoms with Gasteiger partial charge in [0.15, 0.2) is 0 Å². The van der Waals surface area contributed by atoms with Crippen molar-refractivity contribution >= 4 is 17.2 Å². The maximum Gasteiger partial charge on any atom is 0.223 e. The molecule has 0 bridgehead atoms. The minimum absolute atomic E-state index is 0.148. The summed E-state index contributed by atoms with van der Waals surface area (Å²) in [5, 5.41) is 15.4. The highest BCUT2D eigenvalue weighted by molar-refractivity contribution is 7.09. The van der Waals surface area contributed by atoms with E-state index >= 15 is 0 Å². The summed E-state index contributed by atoms with van der Waals surface area (Å²) < 4.78 is 0. The number of hydrogen-bond donors (Lipinski definition) is 2. The number of piperidine rings is 1. The lowest BCUT2D eigenvalue weighted by molar-refractivity contribution is -0.126. The summed E-state index contributed by atoms with van der Waals surface area (Å²) in [7, 11) is 0. The lowest BCUT2D eigenvalue weighted by Crippen LogP contribution is -2.50. The molecule has 1 saturated heterocycles. The maximum atomic E-state index is 12.3. The van der Waals surface area contributed by atoms with Gasteiger partial charge < -0.3 is 10.4 Å². The number of nitrogens with one attached hydrogen (secondary N) is 1. The number of amides is 1. The number of nitrogens with zero attached hydrogens (tertiary/aromatic N) is 1. The van der Waals surface area contributed by atoms with Crippen LogP contribution in [0.25, 0.3) is 0 Å². The van der Waals surface area contributed by atoms with E-state index in [1.54, 1.807) is 11.3 Å². The molecule has 2 atom stereocenters. The molecule has 1 aliphatic heterocycles. The van der Waals surface area contributed by atoms with Crippen LogP contribution in [-0.4, -0.2) is 47.7 Å². The van der Waals surface area contributed by atoms with Gasteiger partial charge >= 0.3 is 0 Å². The lowest BCUT2D eigenvalue weighted by atomic mass is 9.88. The molecule has 2 heterocycles. The SMILES string of the molecule is O=C(NCCc1cccs1)C1CCN(C2CCCCC2O)CC1. The Bertz CT molecular complexity index is 483. The van der Waals surface area contributed by atoms with Crippen LogP contribution < -0.4 is 5.32 Å². The Hall–Kier alpha value is -0.910. The van der Waals surface area contributed by atoms with E-state index in [-0.39, 0.29) is 17.9 Å². The van der Waals surface area contributed by atoms with Gasteiger partial charge in [0.25, 0.3) is 0 Å². The predicted molar refractivity (Wildman–Crippen MR) is 93.6 cm³/mol. The molecule has 2 N–H and O–H groups in total. The van der Waals surface area contributed by atoms with Gasteiger partial charge in [-0.2, -0.15) is 0 Å². The molecule has 0 aromatic carbocycles. The zero-order chi connectivity index (χ0) is 16.1. The van der Waals surface area contributed by atoms with Gasteiger partial charge in [-0.15, -0.1) is 11.3 Å². The van der Waals surface area contributed by atoms with Crippen LogP contribution in [0, 0.1) is 5.92 Å². The molecule has 5 heteroatoms. The molecule has 1 aromatic heterocycles. The van der Waals surface area contributed by atoms with Gasteiger partial charge in [0.2, 0.25) is 5.91 Å². The third kappa shape index (κ3) is 4.55. The van der Waals surface area contributed by atoms with Gasteiger partial charge in [-0.3, -0.25) is 9.69 Å². The first-order valence-electron chi connectivity index (χ1n) is 8.96. The zero-order valence-electron chi connectivity index (χ0n) is 13.7. The van der Waals surface area contributed by atoms with Crippen molar-refractivity contribution in [2.24, 2.45) is 5.92 Å². The van der Waals surface area contributed by atoms with Crippen LogP contribution in [0.2, 0.25) is 0 Å². The number of carbonyl (C=O) groups excluding carboxylic acids is 1. The number of likely N-dealkylation sites (tertiary alicyclic amines) is 1. The van der Waals surface area contributed by atoms with Crippen LogP contribution in [0.15, 0.2) is 17.5 Å². The van der Waals surface area contributed by atoms with E-state index in [1.807, 2.05) is 0 Å². The molecule has 23 heavy (non-hydrogen) atoms. The van der Waals surface area contributed by atoms with Crippen LogP contribution in [0.1, 0.15) is 43.4 Å². The van der Waals surface area contributed by atoms with E-state index in [1.165, 1.54) is 11.3 Å². The Morgan fingerprint density at radius 3 is 2.74 bits per heavy atom. The maximum absolute atomic E-state index is 12.3. The fraction of sp³-hybridized carbons (Fsp3) is 0.722. The highest BCUT2D eigenvalue weighted by atomic mass is 32.1. The molecule has 2 fully saturated rings. The van der Waals surface area contributed by atoms with Crippen LogP contribution in [0.5, 0.6) is 0 Å². The first-order chi connectivity index (χ1) is 11.2. The highest BCUT2D eigenvalue weighted by Crippen LogP contribution is 2.27. The average Bonchev–Trinajstić information content (AvgIpc) is 3.09. The Labute approximate surface area is 142 Å². The minimum Gasteiger partial charge on any atom is -0.391 e. The van der Waals surface area contributed by atoms with Crippen LogP contribution in [0.3, 0.4) is 0 Å². The molecular formula is C18H28N2O2S. The molecule has 3 rings (SSSR count). The van der Waals surface area contributed by atoms with E-state index < -0.39 is 0 Å². The number of carbonyl (C=O) groups is 1. The van der Waals surface area contributed by atoms with E-state index in [9.17, 15) is 9.90 Å². The van der Waals surface area contributed by atoms with Gasteiger partial charge in [-0.05, 0) is 56.6 Å². The summed E-state index contributed by atoms with van der Waals surface area (Å²) in [6.07, 6.45) is 7.04. The highest BCUT2D eigenvalue weighted by Gasteiger charge is 2.33. The molecule has 2 unspecified atom stereocenters. The van der Waals surface area contributed by atoms with Crippen molar-refractivity contribution < 1.29 is 9.90 Å². The smallest absolute Gasteiger partial charge is 0.223 e. The van der Waals surface area contributed by atoms with Crippen molar-refractivity contribution in [3.05, 3.63) is 22.4 Å². The van der Waals surface area contributed by atoms with Crippen LogP contribution in [-0.2, 0) is 11.2 Å². The molecule has 2 aliphatic rings. The standard InChI is InChI=1S/C18H28N2O2S/c21-17-6-2-1-5-16(17)20-11-8-14(9-12-20)18(22)19-10-7-15-4-3-13-23-15/h3-4,13-14,16-17,21H,1-2,5-12H2,(H,19,22). The number of aliphatic hydroxyl groups excluding tert-OH is 1. The van der Waals surface area contributed by atoms with Gasteiger partial charge in [-0.25, -0.2) is 0 Å². The molecule has 0 spiro atoms. The molecule has 1 aliphatic carbocycles. The van der Waals surface area contributed by atoms with Gasteiger partial charge in [-0.1, -0.05) is 18.9 Å². The van der Waals surface area contributed by atoms with Crippen molar-refractivity contribution in [3.63, 3.8) is 0 Å². The molecule has 128 valence electrons. The van der Waals surface area contributed by atoms with Crippen molar-refractivity contribution in [1.82, 2.24) is 10.2 Å². The van der Waals surface area contributed by atoms with Gasteiger partial charge in [0.1, 0.15) is 0 Å². The third-order valence-corrected chi connectivity index (χ3v) is 6.25.